The first kappa shape index (κ1) is 17.0. The van der Waals surface area contributed by atoms with Gasteiger partial charge < -0.3 is 20.3 Å². The molecule has 0 bridgehead atoms. The Morgan fingerprint density at radius 1 is 1.29 bits per heavy atom. The smallest absolute Gasteiger partial charge is 0.409 e. The fourth-order valence-electron chi connectivity index (χ4n) is 2.09. The first-order chi connectivity index (χ1) is 10.1. The molecule has 0 spiro atoms. The second-order valence-corrected chi connectivity index (χ2v) is 4.80. The molecule has 21 heavy (non-hydrogen) atoms. The van der Waals surface area contributed by atoms with Crippen LogP contribution in [0.4, 0.5) is 4.79 Å². The highest BCUT2D eigenvalue weighted by Crippen LogP contribution is 2.11. The number of carbonyl (C=O) groups is 3. The van der Waals surface area contributed by atoms with Crippen molar-refractivity contribution in [1.82, 2.24) is 15.5 Å². The summed E-state index contributed by atoms with van der Waals surface area (Å²) in [5, 5.41) is 5.36. The van der Waals surface area contributed by atoms with E-state index in [1.807, 2.05) is 0 Å². The van der Waals surface area contributed by atoms with E-state index in [1.54, 1.807) is 17.9 Å². The fourth-order valence-corrected chi connectivity index (χ4v) is 2.09. The zero-order chi connectivity index (χ0) is 15.7. The lowest BCUT2D eigenvalue weighted by Gasteiger charge is -2.31. The van der Waals surface area contributed by atoms with Crippen molar-refractivity contribution in [2.24, 2.45) is 0 Å². The standard InChI is InChI=1S/C14H23N3O4/c1-3-7-15-12(18)10-13(19)16-11-5-8-17(9-6-11)14(20)21-4-2/h3,11H,1,4-10H2,2H3,(H,15,18)(H,16,19). The van der Waals surface area contributed by atoms with Gasteiger partial charge in [0.05, 0.1) is 6.61 Å². The highest BCUT2D eigenvalue weighted by molar-refractivity contribution is 5.97. The largest absolute Gasteiger partial charge is 0.450 e. The van der Waals surface area contributed by atoms with Crippen molar-refractivity contribution in [3.05, 3.63) is 12.7 Å². The average molecular weight is 297 g/mol. The maximum absolute atomic E-state index is 11.7. The molecule has 1 rings (SSSR count). The second-order valence-electron chi connectivity index (χ2n) is 4.80. The molecule has 1 saturated heterocycles. The summed E-state index contributed by atoms with van der Waals surface area (Å²) in [6, 6.07) is -0.00428. The number of likely N-dealkylation sites (tertiary alicyclic amines) is 1. The Bertz CT molecular complexity index is 390. The highest BCUT2D eigenvalue weighted by Gasteiger charge is 2.24. The fraction of sp³-hybridized carbons (Fsp3) is 0.643. The topological polar surface area (TPSA) is 87.7 Å². The number of nitrogens with one attached hydrogen (secondary N) is 2. The van der Waals surface area contributed by atoms with Gasteiger partial charge in [-0.3, -0.25) is 9.59 Å². The first-order valence-electron chi connectivity index (χ1n) is 7.15. The van der Waals surface area contributed by atoms with Gasteiger partial charge in [-0.25, -0.2) is 4.79 Å². The Morgan fingerprint density at radius 3 is 2.52 bits per heavy atom. The Hall–Kier alpha value is -2.05. The van der Waals surface area contributed by atoms with Gasteiger partial charge in [-0.05, 0) is 19.8 Å². The maximum Gasteiger partial charge on any atom is 0.409 e. The van der Waals surface area contributed by atoms with E-state index in [2.05, 4.69) is 17.2 Å². The molecular formula is C14H23N3O4. The third-order valence-corrected chi connectivity index (χ3v) is 3.15. The van der Waals surface area contributed by atoms with Crippen LogP contribution in [-0.2, 0) is 14.3 Å². The molecule has 1 aliphatic rings. The molecule has 118 valence electrons. The molecule has 0 aromatic carbocycles. The third kappa shape index (κ3) is 6.29. The Balaban J connectivity index is 2.25. The predicted molar refractivity (Wildman–Crippen MR) is 77.6 cm³/mol. The minimum absolute atomic E-state index is 0.00428. The lowest BCUT2D eigenvalue weighted by atomic mass is 10.1. The molecule has 0 saturated carbocycles. The Morgan fingerprint density at radius 2 is 1.95 bits per heavy atom. The summed E-state index contributed by atoms with van der Waals surface area (Å²) < 4.78 is 4.93. The molecule has 2 N–H and O–H groups in total. The van der Waals surface area contributed by atoms with E-state index in [1.165, 1.54) is 0 Å². The van der Waals surface area contributed by atoms with Crippen LogP contribution in [0.3, 0.4) is 0 Å². The zero-order valence-corrected chi connectivity index (χ0v) is 12.4. The number of hydrogen-bond donors (Lipinski definition) is 2. The predicted octanol–water partition coefficient (Wildman–Crippen LogP) is 0.416. The van der Waals surface area contributed by atoms with Crippen LogP contribution in [0.15, 0.2) is 12.7 Å². The van der Waals surface area contributed by atoms with E-state index in [0.717, 1.165) is 0 Å². The van der Waals surface area contributed by atoms with Crippen LogP contribution in [0.1, 0.15) is 26.2 Å². The van der Waals surface area contributed by atoms with Gasteiger partial charge in [-0.2, -0.15) is 0 Å². The minimum Gasteiger partial charge on any atom is -0.450 e. The quantitative estimate of drug-likeness (QED) is 0.549. The van der Waals surface area contributed by atoms with Gasteiger partial charge >= 0.3 is 6.09 Å². The van der Waals surface area contributed by atoms with Crippen LogP contribution >= 0.6 is 0 Å². The summed E-state index contributed by atoms with van der Waals surface area (Å²) in [4.78, 5) is 36.2. The van der Waals surface area contributed by atoms with Gasteiger partial charge in [0.25, 0.3) is 0 Å². The van der Waals surface area contributed by atoms with Gasteiger partial charge in [0, 0.05) is 25.7 Å². The molecule has 1 heterocycles. The number of hydrogen-bond acceptors (Lipinski definition) is 4. The maximum atomic E-state index is 11.7. The molecule has 0 atom stereocenters. The van der Waals surface area contributed by atoms with E-state index in [9.17, 15) is 14.4 Å². The number of rotatable bonds is 6. The van der Waals surface area contributed by atoms with Crippen LogP contribution in [0, 0.1) is 0 Å². The summed E-state index contributed by atoms with van der Waals surface area (Å²) in [6.45, 7) is 7.05. The Labute approximate surface area is 124 Å². The molecule has 0 aliphatic carbocycles. The zero-order valence-electron chi connectivity index (χ0n) is 12.4. The summed E-state index contributed by atoms with van der Waals surface area (Å²) in [6.07, 6.45) is 2.39. The van der Waals surface area contributed by atoms with Crippen LogP contribution in [0.2, 0.25) is 0 Å². The van der Waals surface area contributed by atoms with Crippen molar-refractivity contribution >= 4 is 17.9 Å². The van der Waals surface area contributed by atoms with E-state index >= 15 is 0 Å². The second kappa shape index (κ2) is 8.99. The monoisotopic (exact) mass is 297 g/mol. The van der Waals surface area contributed by atoms with Gasteiger partial charge in [0.2, 0.25) is 11.8 Å². The van der Waals surface area contributed by atoms with E-state index in [4.69, 9.17) is 4.74 Å². The van der Waals surface area contributed by atoms with Crippen molar-refractivity contribution in [3.8, 4) is 0 Å². The number of piperidine rings is 1. The third-order valence-electron chi connectivity index (χ3n) is 3.15. The van der Waals surface area contributed by atoms with Crippen LogP contribution in [0.25, 0.3) is 0 Å². The minimum atomic E-state index is -0.323. The molecule has 0 aromatic rings. The molecule has 0 radical (unpaired) electrons. The van der Waals surface area contributed by atoms with Crippen molar-refractivity contribution in [2.45, 2.75) is 32.2 Å². The molecule has 7 nitrogen and oxygen atoms in total. The van der Waals surface area contributed by atoms with Crippen LogP contribution in [-0.4, -0.2) is 55.1 Å². The number of nitrogens with zero attached hydrogens (tertiary/aromatic N) is 1. The summed E-state index contributed by atoms with van der Waals surface area (Å²) >= 11 is 0. The van der Waals surface area contributed by atoms with Gasteiger partial charge in [-0.1, -0.05) is 6.08 Å². The number of ether oxygens (including phenoxy) is 1. The Kier molecular flexibility index (Phi) is 7.28. The van der Waals surface area contributed by atoms with E-state index in [-0.39, 0.29) is 30.4 Å². The molecule has 3 amide bonds. The lowest BCUT2D eigenvalue weighted by molar-refractivity contribution is -0.129. The van der Waals surface area contributed by atoms with Crippen molar-refractivity contribution < 1.29 is 19.1 Å². The molecule has 1 aliphatic heterocycles. The molecule has 1 fully saturated rings. The van der Waals surface area contributed by atoms with Gasteiger partial charge in [0.15, 0.2) is 0 Å². The summed E-state index contributed by atoms with van der Waals surface area (Å²) in [5.74, 6) is -0.623. The normalized spacial score (nSPS) is 15.2. The summed E-state index contributed by atoms with van der Waals surface area (Å²) in [7, 11) is 0. The van der Waals surface area contributed by atoms with Gasteiger partial charge in [0.1, 0.15) is 6.42 Å². The van der Waals surface area contributed by atoms with E-state index in [0.29, 0.717) is 39.1 Å². The molecular weight excluding hydrogens is 274 g/mol. The summed E-state index contributed by atoms with van der Waals surface area (Å²) in [5.41, 5.74) is 0. The van der Waals surface area contributed by atoms with Crippen LogP contribution in [0.5, 0.6) is 0 Å². The van der Waals surface area contributed by atoms with Crippen molar-refractivity contribution in [2.75, 3.05) is 26.2 Å². The SMILES string of the molecule is C=CCNC(=O)CC(=O)NC1CCN(C(=O)OCC)CC1. The molecule has 0 unspecified atom stereocenters. The first-order valence-corrected chi connectivity index (χ1v) is 7.15. The van der Waals surface area contributed by atoms with Crippen molar-refractivity contribution in [3.63, 3.8) is 0 Å². The highest BCUT2D eigenvalue weighted by atomic mass is 16.6. The average Bonchev–Trinajstić information content (AvgIpc) is 2.46. The lowest BCUT2D eigenvalue weighted by Crippen LogP contribution is -2.47. The van der Waals surface area contributed by atoms with E-state index < -0.39 is 0 Å². The van der Waals surface area contributed by atoms with Crippen LogP contribution < -0.4 is 10.6 Å². The van der Waals surface area contributed by atoms with Gasteiger partial charge in [-0.15, -0.1) is 6.58 Å². The molecule has 7 heteroatoms. The number of amides is 3. The van der Waals surface area contributed by atoms with Crippen molar-refractivity contribution in [1.29, 1.82) is 0 Å². The molecule has 0 aromatic heterocycles. The number of carbonyl (C=O) groups excluding carboxylic acids is 3.